The summed E-state index contributed by atoms with van der Waals surface area (Å²) in [5.74, 6) is 0.941. The molecule has 1 aliphatic heterocycles. The maximum Gasteiger partial charge on any atom is 0.0446 e. The van der Waals surface area contributed by atoms with Crippen molar-refractivity contribution in [2.75, 3.05) is 6.54 Å². The van der Waals surface area contributed by atoms with Gasteiger partial charge in [0.15, 0.2) is 0 Å². The quantitative estimate of drug-likeness (QED) is 0.644. The first kappa shape index (κ1) is 7.10. The van der Waals surface area contributed by atoms with Gasteiger partial charge in [-0.05, 0) is 48.7 Å². The van der Waals surface area contributed by atoms with Crippen molar-refractivity contribution in [3.05, 3.63) is 21.9 Å². The smallest absolute Gasteiger partial charge is 0.0446 e. The Balaban J connectivity index is 2.04. The lowest BCUT2D eigenvalue weighted by atomic mass is 9.86. The molecular formula is C10H13NS. The van der Waals surface area contributed by atoms with E-state index in [-0.39, 0.29) is 0 Å². The fourth-order valence-electron chi connectivity index (χ4n) is 2.54. The summed E-state index contributed by atoms with van der Waals surface area (Å²) in [6, 6.07) is 3.02. The molecule has 0 saturated carbocycles. The van der Waals surface area contributed by atoms with Crippen molar-refractivity contribution in [1.82, 2.24) is 5.32 Å². The summed E-state index contributed by atoms with van der Waals surface area (Å²) in [6.07, 6.45) is 4.12. The molecule has 0 spiro atoms. The third-order valence-corrected chi connectivity index (χ3v) is 4.24. The summed E-state index contributed by atoms with van der Waals surface area (Å²) in [5, 5.41) is 5.85. The van der Waals surface area contributed by atoms with Gasteiger partial charge in [-0.2, -0.15) is 0 Å². The van der Waals surface area contributed by atoms with Gasteiger partial charge in [-0.3, -0.25) is 0 Å². The molecule has 0 aromatic carbocycles. The number of fused-ring (bicyclic) bond motifs is 3. The molecule has 1 aliphatic carbocycles. The molecule has 2 atom stereocenters. The normalized spacial score (nSPS) is 33.0. The second kappa shape index (κ2) is 2.57. The van der Waals surface area contributed by atoms with Gasteiger partial charge in [0, 0.05) is 10.9 Å². The van der Waals surface area contributed by atoms with Crippen LogP contribution in [0.1, 0.15) is 29.3 Å². The lowest BCUT2D eigenvalue weighted by Gasteiger charge is -2.24. The minimum Gasteiger partial charge on any atom is -0.309 e. The van der Waals surface area contributed by atoms with Gasteiger partial charge in [0.1, 0.15) is 0 Å². The zero-order chi connectivity index (χ0) is 7.97. The third-order valence-electron chi connectivity index (χ3n) is 3.20. The molecule has 2 heterocycles. The van der Waals surface area contributed by atoms with Crippen LogP contribution in [0.25, 0.3) is 0 Å². The molecule has 3 rings (SSSR count). The second-order valence-corrected chi connectivity index (χ2v) is 4.78. The molecule has 1 aromatic rings. The highest BCUT2D eigenvalue weighted by atomic mass is 32.1. The molecule has 1 aromatic heterocycles. The molecule has 1 saturated heterocycles. The first-order valence-electron chi connectivity index (χ1n) is 4.75. The van der Waals surface area contributed by atoms with E-state index in [1.165, 1.54) is 25.8 Å². The lowest BCUT2D eigenvalue weighted by Crippen LogP contribution is -2.21. The Bertz CT molecular complexity index is 292. The number of nitrogens with one attached hydrogen (secondary N) is 1. The van der Waals surface area contributed by atoms with E-state index in [0.29, 0.717) is 6.04 Å². The molecular weight excluding hydrogens is 166 g/mol. The Hall–Kier alpha value is -0.340. The monoisotopic (exact) mass is 179 g/mol. The van der Waals surface area contributed by atoms with Gasteiger partial charge in [0.05, 0.1) is 0 Å². The van der Waals surface area contributed by atoms with E-state index in [0.717, 1.165) is 5.92 Å². The number of thiophene rings is 1. The van der Waals surface area contributed by atoms with Crippen LogP contribution in [0.2, 0.25) is 0 Å². The highest BCUT2D eigenvalue weighted by Gasteiger charge is 2.33. The number of rotatable bonds is 0. The fourth-order valence-corrected chi connectivity index (χ4v) is 3.67. The number of hydrogen-bond acceptors (Lipinski definition) is 2. The maximum atomic E-state index is 3.61. The van der Waals surface area contributed by atoms with Crippen LogP contribution in [-0.4, -0.2) is 6.54 Å². The van der Waals surface area contributed by atoms with Crippen molar-refractivity contribution in [2.45, 2.75) is 25.3 Å². The lowest BCUT2D eigenvalue weighted by molar-refractivity contribution is 0.412. The fraction of sp³-hybridized carbons (Fsp3) is 0.600. The van der Waals surface area contributed by atoms with Crippen LogP contribution >= 0.6 is 11.3 Å². The van der Waals surface area contributed by atoms with E-state index in [1.807, 2.05) is 11.3 Å². The van der Waals surface area contributed by atoms with Gasteiger partial charge in [-0.15, -0.1) is 11.3 Å². The van der Waals surface area contributed by atoms with Crippen LogP contribution in [0.3, 0.4) is 0 Å². The molecule has 0 bridgehead atoms. The van der Waals surface area contributed by atoms with Gasteiger partial charge < -0.3 is 5.32 Å². The standard InChI is InChI=1S/C10H13NS/c1-2-8-4-6-12-10(8)9-7(1)3-5-11-9/h4,6-7,9,11H,1-3,5H2. The zero-order valence-electron chi connectivity index (χ0n) is 7.05. The Morgan fingerprint density at radius 2 is 2.42 bits per heavy atom. The summed E-state index contributed by atoms with van der Waals surface area (Å²) in [5.41, 5.74) is 1.61. The van der Waals surface area contributed by atoms with Gasteiger partial charge in [-0.25, -0.2) is 0 Å². The molecule has 0 radical (unpaired) electrons. The SMILES string of the molecule is c1cc2c(s1)C1NCCC1CC2. The average Bonchev–Trinajstić information content (AvgIpc) is 2.71. The van der Waals surface area contributed by atoms with Gasteiger partial charge in [0.25, 0.3) is 0 Å². The summed E-state index contributed by atoms with van der Waals surface area (Å²) >= 11 is 1.94. The van der Waals surface area contributed by atoms with Crippen molar-refractivity contribution in [3.63, 3.8) is 0 Å². The Kier molecular flexibility index (Phi) is 1.52. The van der Waals surface area contributed by atoms with E-state index in [2.05, 4.69) is 16.8 Å². The zero-order valence-corrected chi connectivity index (χ0v) is 7.86. The molecule has 1 nitrogen and oxygen atoms in total. The largest absolute Gasteiger partial charge is 0.309 e. The van der Waals surface area contributed by atoms with Crippen molar-refractivity contribution < 1.29 is 0 Å². The predicted octanol–water partition coefficient (Wildman–Crippen LogP) is 2.34. The summed E-state index contributed by atoms with van der Waals surface area (Å²) in [7, 11) is 0. The van der Waals surface area contributed by atoms with Crippen LogP contribution in [0.4, 0.5) is 0 Å². The van der Waals surface area contributed by atoms with Crippen molar-refractivity contribution >= 4 is 11.3 Å². The minimum absolute atomic E-state index is 0.716. The number of hydrogen-bond donors (Lipinski definition) is 1. The highest BCUT2D eigenvalue weighted by Crippen LogP contribution is 2.41. The van der Waals surface area contributed by atoms with Crippen molar-refractivity contribution in [1.29, 1.82) is 0 Å². The second-order valence-electron chi connectivity index (χ2n) is 3.83. The highest BCUT2D eigenvalue weighted by molar-refractivity contribution is 7.10. The van der Waals surface area contributed by atoms with Crippen LogP contribution in [0, 0.1) is 5.92 Å². The minimum atomic E-state index is 0.716. The third kappa shape index (κ3) is 0.882. The molecule has 2 aliphatic rings. The average molecular weight is 179 g/mol. The van der Waals surface area contributed by atoms with E-state index in [1.54, 1.807) is 10.4 Å². The van der Waals surface area contributed by atoms with Crippen molar-refractivity contribution in [2.24, 2.45) is 5.92 Å². The van der Waals surface area contributed by atoms with Gasteiger partial charge in [0.2, 0.25) is 0 Å². The molecule has 0 amide bonds. The summed E-state index contributed by atoms with van der Waals surface area (Å²) in [4.78, 5) is 1.63. The molecule has 12 heavy (non-hydrogen) atoms. The topological polar surface area (TPSA) is 12.0 Å². The maximum absolute atomic E-state index is 3.61. The molecule has 1 N–H and O–H groups in total. The van der Waals surface area contributed by atoms with Crippen LogP contribution < -0.4 is 5.32 Å². The first-order chi connectivity index (χ1) is 5.95. The van der Waals surface area contributed by atoms with Crippen LogP contribution in [-0.2, 0) is 6.42 Å². The Morgan fingerprint density at radius 1 is 1.42 bits per heavy atom. The van der Waals surface area contributed by atoms with Crippen LogP contribution in [0.5, 0.6) is 0 Å². The molecule has 2 unspecified atom stereocenters. The molecule has 2 heteroatoms. The van der Waals surface area contributed by atoms with Gasteiger partial charge in [-0.1, -0.05) is 0 Å². The van der Waals surface area contributed by atoms with Crippen molar-refractivity contribution in [3.8, 4) is 0 Å². The summed E-state index contributed by atoms with van der Waals surface area (Å²) in [6.45, 7) is 1.23. The van der Waals surface area contributed by atoms with Gasteiger partial charge >= 0.3 is 0 Å². The Labute approximate surface area is 76.8 Å². The first-order valence-corrected chi connectivity index (χ1v) is 5.63. The van der Waals surface area contributed by atoms with E-state index in [9.17, 15) is 0 Å². The predicted molar refractivity (Wildman–Crippen MR) is 51.5 cm³/mol. The van der Waals surface area contributed by atoms with E-state index >= 15 is 0 Å². The van der Waals surface area contributed by atoms with Crippen LogP contribution in [0.15, 0.2) is 11.4 Å². The molecule has 1 fully saturated rings. The number of aryl methyl sites for hydroxylation is 1. The van der Waals surface area contributed by atoms with E-state index < -0.39 is 0 Å². The molecule has 64 valence electrons. The van der Waals surface area contributed by atoms with E-state index in [4.69, 9.17) is 0 Å². The Morgan fingerprint density at radius 3 is 3.42 bits per heavy atom. The summed E-state index contributed by atoms with van der Waals surface area (Å²) < 4.78 is 0.